The first kappa shape index (κ1) is 30.5. The summed E-state index contributed by atoms with van der Waals surface area (Å²) in [5.41, 5.74) is -1.69. The Bertz CT molecular complexity index is 1440. The molecule has 1 saturated heterocycles. The third-order valence-electron chi connectivity index (χ3n) is 7.24. The number of hydrogen-bond acceptors (Lipinski definition) is 5. The number of nitrogens with one attached hydrogen (secondary N) is 2. The van der Waals surface area contributed by atoms with Gasteiger partial charge >= 0.3 is 12.4 Å². The smallest absolute Gasteiger partial charge is 0.330 e. The van der Waals surface area contributed by atoms with Crippen molar-refractivity contribution in [2.75, 3.05) is 18.4 Å². The summed E-state index contributed by atoms with van der Waals surface area (Å²) in [6, 6.07) is 5.98. The van der Waals surface area contributed by atoms with Crippen LogP contribution in [0.25, 0.3) is 0 Å². The summed E-state index contributed by atoms with van der Waals surface area (Å²) in [7, 11) is 0. The second kappa shape index (κ2) is 11.1. The second-order valence-electron chi connectivity index (χ2n) is 10.3. The van der Waals surface area contributed by atoms with Gasteiger partial charge in [-0.25, -0.2) is 4.98 Å². The molecule has 2 heterocycles. The van der Waals surface area contributed by atoms with Gasteiger partial charge in [-0.2, -0.15) is 26.3 Å². The number of piperazine rings is 1. The van der Waals surface area contributed by atoms with E-state index in [4.69, 9.17) is 0 Å². The normalized spacial score (nSPS) is 19.8. The van der Waals surface area contributed by atoms with Gasteiger partial charge in [0.1, 0.15) is 0 Å². The van der Waals surface area contributed by atoms with Crippen molar-refractivity contribution in [1.29, 1.82) is 0 Å². The molecule has 2 unspecified atom stereocenters. The summed E-state index contributed by atoms with van der Waals surface area (Å²) in [5.74, 6) is -1.29. The second-order valence-corrected chi connectivity index (χ2v) is 11.2. The Kier molecular flexibility index (Phi) is 8.25. The van der Waals surface area contributed by atoms with Crippen LogP contribution in [0, 0.1) is 13.8 Å². The maximum absolute atomic E-state index is 13.9. The Morgan fingerprint density at radius 3 is 2.24 bits per heavy atom. The molecule has 1 aliphatic heterocycles. The van der Waals surface area contributed by atoms with Crippen molar-refractivity contribution < 1.29 is 35.9 Å². The molecular weight excluding hydrogens is 570 g/mol. The number of halogens is 6. The molecule has 4 rings (SSSR count). The summed E-state index contributed by atoms with van der Waals surface area (Å²) in [6.07, 6.45) is -9.97. The highest BCUT2D eigenvalue weighted by Crippen LogP contribution is 2.41. The number of thiazole rings is 1. The number of amides is 2. The number of aromatic nitrogens is 1. The topological polar surface area (TPSA) is 74.3 Å². The first-order valence-electron chi connectivity index (χ1n) is 12.6. The first-order valence-corrected chi connectivity index (χ1v) is 13.5. The van der Waals surface area contributed by atoms with E-state index in [1.807, 2.05) is 32.0 Å². The van der Waals surface area contributed by atoms with Gasteiger partial charge < -0.3 is 15.5 Å². The predicted octanol–water partition coefficient (Wildman–Crippen LogP) is 6.54. The van der Waals surface area contributed by atoms with E-state index < -0.39 is 46.5 Å². The van der Waals surface area contributed by atoms with Gasteiger partial charge in [0.15, 0.2) is 5.13 Å². The third kappa shape index (κ3) is 6.56. The fraction of sp³-hybridized carbons (Fsp3) is 0.393. The van der Waals surface area contributed by atoms with Gasteiger partial charge in [-0.15, -0.1) is 11.3 Å². The minimum absolute atomic E-state index is 0.00441. The number of alkyl halides is 6. The van der Waals surface area contributed by atoms with Crippen LogP contribution in [0.2, 0.25) is 0 Å². The number of hydrogen-bond donors (Lipinski definition) is 2. The van der Waals surface area contributed by atoms with Crippen LogP contribution in [0.15, 0.2) is 41.8 Å². The molecule has 6 nitrogen and oxygen atoms in total. The largest absolute Gasteiger partial charge is 0.416 e. The lowest BCUT2D eigenvalue weighted by molar-refractivity contribution is -0.143. The fourth-order valence-corrected chi connectivity index (χ4v) is 5.88. The van der Waals surface area contributed by atoms with E-state index in [0.29, 0.717) is 23.0 Å². The van der Waals surface area contributed by atoms with Crippen molar-refractivity contribution in [3.8, 4) is 0 Å². The van der Waals surface area contributed by atoms with E-state index >= 15 is 0 Å². The van der Waals surface area contributed by atoms with E-state index in [1.54, 1.807) is 12.3 Å². The van der Waals surface area contributed by atoms with Crippen molar-refractivity contribution >= 4 is 28.3 Å². The van der Waals surface area contributed by atoms with Gasteiger partial charge in [0.2, 0.25) is 5.91 Å². The molecule has 2 aromatic carbocycles. The summed E-state index contributed by atoms with van der Waals surface area (Å²) >= 11 is 1.16. The number of carbonyl (C=O) groups is 2. The quantitative estimate of drug-likeness (QED) is 0.327. The number of carbonyl (C=O) groups excluding carboxylic acids is 2. The van der Waals surface area contributed by atoms with E-state index in [2.05, 4.69) is 15.6 Å². The lowest BCUT2D eigenvalue weighted by Gasteiger charge is -2.50. The third-order valence-corrected chi connectivity index (χ3v) is 8.01. The van der Waals surface area contributed by atoms with Crippen LogP contribution in [0.3, 0.4) is 0 Å². The molecule has 0 bridgehead atoms. The summed E-state index contributed by atoms with van der Waals surface area (Å²) < 4.78 is 81.5. The zero-order chi connectivity index (χ0) is 30.3. The zero-order valence-electron chi connectivity index (χ0n) is 22.6. The molecule has 0 spiro atoms. The summed E-state index contributed by atoms with van der Waals surface area (Å²) in [6.45, 7) is 7.14. The van der Waals surface area contributed by atoms with Crippen molar-refractivity contribution in [2.24, 2.45) is 0 Å². The van der Waals surface area contributed by atoms with Gasteiger partial charge in [-0.3, -0.25) is 9.59 Å². The molecule has 1 aromatic heterocycles. The SMILES string of the molecule is CC(=O)Nc1nc(C2NCCN(C(=O)c3cc(C(F)(F)F)cc(C(F)(F)F)c3)C2(C)Cc2ccc(C)c(C)c2)cs1. The lowest BCUT2D eigenvalue weighted by atomic mass is 9.79. The van der Waals surface area contributed by atoms with Gasteiger partial charge in [0, 0.05) is 31.0 Å². The van der Waals surface area contributed by atoms with Crippen LogP contribution in [-0.2, 0) is 23.6 Å². The molecule has 1 aliphatic rings. The Morgan fingerprint density at radius 1 is 1.05 bits per heavy atom. The van der Waals surface area contributed by atoms with Crippen LogP contribution < -0.4 is 10.6 Å². The number of nitrogens with zero attached hydrogens (tertiary/aromatic N) is 2. The average Bonchev–Trinajstić information content (AvgIpc) is 3.31. The standard InChI is InChI=1S/C28H28F6N4O2S/c1-15-5-6-18(9-16(15)2)13-26(4)23(22-14-41-25(37-22)36-17(3)39)35-7-8-38(26)24(40)19-10-20(27(29,30)31)12-21(11-19)28(32,33)34/h5-6,9-12,14,23,35H,7-8,13H2,1-4H3,(H,36,37,39). The first-order chi connectivity index (χ1) is 19.0. The molecular formula is C28H28F6N4O2S. The highest BCUT2D eigenvalue weighted by Gasteiger charge is 2.47. The molecule has 0 radical (unpaired) electrons. The monoisotopic (exact) mass is 598 g/mol. The highest BCUT2D eigenvalue weighted by atomic mass is 32.1. The molecule has 0 aliphatic carbocycles. The average molecular weight is 599 g/mol. The summed E-state index contributed by atoms with van der Waals surface area (Å²) in [5, 5.41) is 7.94. The van der Waals surface area contributed by atoms with Gasteiger partial charge in [0.25, 0.3) is 5.91 Å². The molecule has 3 aromatic rings. The molecule has 0 saturated carbocycles. The van der Waals surface area contributed by atoms with E-state index in [-0.39, 0.29) is 31.5 Å². The zero-order valence-corrected chi connectivity index (χ0v) is 23.4. The van der Waals surface area contributed by atoms with Crippen LogP contribution in [-0.4, -0.2) is 40.3 Å². The van der Waals surface area contributed by atoms with E-state index in [1.165, 1.54) is 11.8 Å². The summed E-state index contributed by atoms with van der Waals surface area (Å²) in [4.78, 5) is 31.3. The van der Waals surface area contributed by atoms with E-state index in [9.17, 15) is 35.9 Å². The van der Waals surface area contributed by atoms with Crippen molar-refractivity contribution in [3.63, 3.8) is 0 Å². The van der Waals surface area contributed by atoms with Crippen molar-refractivity contribution in [2.45, 2.75) is 58.0 Å². The molecule has 220 valence electrons. The van der Waals surface area contributed by atoms with Crippen LogP contribution in [0.5, 0.6) is 0 Å². The number of anilines is 1. The molecule has 13 heteroatoms. The number of benzene rings is 2. The van der Waals surface area contributed by atoms with Gasteiger partial charge in [-0.1, -0.05) is 18.2 Å². The molecule has 1 fully saturated rings. The molecule has 2 atom stereocenters. The van der Waals surface area contributed by atoms with Crippen molar-refractivity contribution in [1.82, 2.24) is 15.2 Å². The van der Waals surface area contributed by atoms with Gasteiger partial charge in [-0.05, 0) is 62.1 Å². The lowest BCUT2D eigenvalue weighted by Crippen LogP contribution is -2.64. The van der Waals surface area contributed by atoms with E-state index in [0.717, 1.165) is 28.0 Å². The number of aryl methyl sites for hydroxylation is 2. The van der Waals surface area contributed by atoms with Gasteiger partial charge in [0.05, 0.1) is 28.4 Å². The molecule has 2 N–H and O–H groups in total. The highest BCUT2D eigenvalue weighted by molar-refractivity contribution is 7.13. The van der Waals surface area contributed by atoms with Crippen molar-refractivity contribution in [3.05, 3.63) is 80.9 Å². The minimum Gasteiger partial charge on any atom is -0.330 e. The Balaban J connectivity index is 1.83. The fourth-order valence-electron chi connectivity index (χ4n) is 5.09. The maximum atomic E-state index is 13.9. The van der Waals surface area contributed by atoms with Crippen LogP contribution >= 0.6 is 11.3 Å². The van der Waals surface area contributed by atoms with Crippen LogP contribution in [0.1, 0.15) is 63.8 Å². The number of rotatable bonds is 5. The predicted molar refractivity (Wildman–Crippen MR) is 143 cm³/mol. The molecule has 2 amide bonds. The Labute approximate surface area is 236 Å². The van der Waals surface area contributed by atoms with Crippen LogP contribution in [0.4, 0.5) is 31.5 Å². The Morgan fingerprint density at radius 2 is 1.68 bits per heavy atom. The Hall–Kier alpha value is -3.45. The minimum atomic E-state index is -5.09. The maximum Gasteiger partial charge on any atom is 0.416 e. The molecule has 41 heavy (non-hydrogen) atoms.